The monoisotopic (exact) mass is 325 g/mol. The highest BCUT2D eigenvalue weighted by atomic mass is 16.2. The minimum atomic E-state index is -0.264. The van der Waals surface area contributed by atoms with Gasteiger partial charge in [0.15, 0.2) is 0 Å². The van der Waals surface area contributed by atoms with Gasteiger partial charge in [0.25, 0.3) is 5.91 Å². The summed E-state index contributed by atoms with van der Waals surface area (Å²) in [4.78, 5) is 35.8. The molecule has 24 heavy (non-hydrogen) atoms. The maximum absolute atomic E-state index is 12.4. The predicted octanol–water partition coefficient (Wildman–Crippen LogP) is 1.32. The van der Waals surface area contributed by atoms with Crippen molar-refractivity contribution in [2.45, 2.75) is 6.92 Å². The van der Waals surface area contributed by atoms with Crippen molar-refractivity contribution in [3.8, 4) is 0 Å². The van der Waals surface area contributed by atoms with Crippen LogP contribution in [0.3, 0.4) is 0 Å². The summed E-state index contributed by atoms with van der Waals surface area (Å²) in [6, 6.07) is 10.9. The van der Waals surface area contributed by atoms with Crippen molar-refractivity contribution < 1.29 is 9.59 Å². The number of carbonyl (C=O) groups excluding carboxylic acids is 2. The predicted molar refractivity (Wildman–Crippen MR) is 91.0 cm³/mol. The molecule has 2 heterocycles. The maximum Gasteiger partial charge on any atom is 0.274 e. The van der Waals surface area contributed by atoms with Crippen LogP contribution in [0, 0.1) is 6.92 Å². The molecule has 0 saturated carbocycles. The number of nitrogens with one attached hydrogen (secondary N) is 1. The van der Waals surface area contributed by atoms with Crippen molar-refractivity contribution in [1.82, 2.24) is 14.9 Å². The van der Waals surface area contributed by atoms with E-state index in [4.69, 9.17) is 0 Å². The highest BCUT2D eigenvalue weighted by Gasteiger charge is 2.20. The van der Waals surface area contributed by atoms with Crippen molar-refractivity contribution in [2.75, 3.05) is 36.4 Å². The lowest BCUT2D eigenvalue weighted by Gasteiger charge is -2.32. The van der Waals surface area contributed by atoms with Gasteiger partial charge in [0.05, 0.1) is 0 Å². The average molecular weight is 325 g/mol. The number of rotatable bonds is 4. The normalized spacial score (nSPS) is 14.4. The van der Waals surface area contributed by atoms with Crippen LogP contribution in [0.25, 0.3) is 0 Å². The molecule has 1 saturated heterocycles. The molecule has 1 fully saturated rings. The van der Waals surface area contributed by atoms with Crippen LogP contribution in [-0.2, 0) is 4.79 Å². The highest BCUT2D eigenvalue weighted by molar-refractivity contribution is 6.03. The third-order valence-corrected chi connectivity index (χ3v) is 3.85. The number of anilines is 2. The molecule has 0 spiro atoms. The van der Waals surface area contributed by atoms with Crippen LogP contribution < -0.4 is 10.2 Å². The largest absolute Gasteiger partial charge is 0.342 e. The van der Waals surface area contributed by atoms with E-state index in [1.54, 1.807) is 11.0 Å². The van der Waals surface area contributed by atoms with E-state index in [-0.39, 0.29) is 5.91 Å². The first kappa shape index (κ1) is 15.9. The molecule has 124 valence electrons. The van der Waals surface area contributed by atoms with Crippen LogP contribution in [0.2, 0.25) is 0 Å². The molecule has 1 aromatic carbocycles. The number of aryl methyl sites for hydroxylation is 1. The van der Waals surface area contributed by atoms with Crippen molar-refractivity contribution >= 4 is 24.0 Å². The van der Waals surface area contributed by atoms with Crippen molar-refractivity contribution in [2.24, 2.45) is 0 Å². The average Bonchev–Trinajstić information content (AvgIpc) is 2.62. The molecule has 3 rings (SSSR count). The topological polar surface area (TPSA) is 78.4 Å². The van der Waals surface area contributed by atoms with E-state index < -0.39 is 0 Å². The molecule has 1 aliphatic heterocycles. The third kappa shape index (κ3) is 3.68. The first-order valence-electron chi connectivity index (χ1n) is 7.82. The second-order valence-corrected chi connectivity index (χ2v) is 5.64. The van der Waals surface area contributed by atoms with Gasteiger partial charge < -0.3 is 15.1 Å². The molecule has 2 aromatic rings. The number of hydrogen-bond acceptors (Lipinski definition) is 5. The van der Waals surface area contributed by atoms with Crippen molar-refractivity contribution in [1.29, 1.82) is 0 Å². The zero-order chi connectivity index (χ0) is 16.9. The van der Waals surface area contributed by atoms with Crippen LogP contribution in [0.5, 0.6) is 0 Å². The molecule has 0 atom stereocenters. The lowest BCUT2D eigenvalue weighted by molar-refractivity contribution is -0.118. The minimum absolute atomic E-state index is 0.264. The quantitative estimate of drug-likeness (QED) is 0.858. The second kappa shape index (κ2) is 7.08. The van der Waals surface area contributed by atoms with Gasteiger partial charge in [0, 0.05) is 37.6 Å². The Hall–Kier alpha value is -2.96. The fourth-order valence-corrected chi connectivity index (χ4v) is 2.55. The first-order chi connectivity index (χ1) is 11.7. The SMILES string of the molecule is Cc1cc(C(=O)Nc2ccccc2)nc(N2CCN(C=O)CC2)n1. The van der Waals surface area contributed by atoms with Crippen LogP contribution in [0.15, 0.2) is 36.4 Å². The van der Waals surface area contributed by atoms with Gasteiger partial charge in [0.2, 0.25) is 12.4 Å². The molecule has 1 aliphatic rings. The number of amides is 2. The Morgan fingerprint density at radius 3 is 2.50 bits per heavy atom. The lowest BCUT2D eigenvalue weighted by atomic mass is 10.3. The minimum Gasteiger partial charge on any atom is -0.342 e. The van der Waals surface area contributed by atoms with Gasteiger partial charge in [-0.3, -0.25) is 9.59 Å². The van der Waals surface area contributed by atoms with Crippen LogP contribution in [0.1, 0.15) is 16.2 Å². The van der Waals surface area contributed by atoms with E-state index in [1.807, 2.05) is 42.2 Å². The summed E-state index contributed by atoms with van der Waals surface area (Å²) in [5, 5.41) is 2.83. The smallest absolute Gasteiger partial charge is 0.274 e. The number of para-hydroxylation sites is 1. The second-order valence-electron chi connectivity index (χ2n) is 5.64. The standard InChI is InChI=1S/C17H19N5O2/c1-13-11-15(16(24)19-14-5-3-2-4-6-14)20-17(18-13)22-9-7-21(12-23)8-10-22/h2-6,11-12H,7-10H2,1H3,(H,19,24). The summed E-state index contributed by atoms with van der Waals surface area (Å²) < 4.78 is 0. The van der Waals surface area contributed by atoms with E-state index in [1.165, 1.54) is 0 Å². The molecule has 1 aromatic heterocycles. The van der Waals surface area contributed by atoms with E-state index in [9.17, 15) is 9.59 Å². The maximum atomic E-state index is 12.4. The Bertz CT molecular complexity index is 727. The molecule has 0 aliphatic carbocycles. The van der Waals surface area contributed by atoms with Crippen LogP contribution in [0.4, 0.5) is 11.6 Å². The molecular formula is C17H19N5O2. The van der Waals surface area contributed by atoms with Gasteiger partial charge in [-0.2, -0.15) is 0 Å². The summed E-state index contributed by atoms with van der Waals surface area (Å²) in [5.41, 5.74) is 1.79. The summed E-state index contributed by atoms with van der Waals surface area (Å²) >= 11 is 0. The van der Waals surface area contributed by atoms with E-state index in [0.29, 0.717) is 37.8 Å². The Labute approximate surface area is 140 Å². The summed E-state index contributed by atoms with van der Waals surface area (Å²) in [5.74, 6) is 0.262. The molecule has 0 bridgehead atoms. The van der Waals surface area contributed by atoms with Gasteiger partial charge >= 0.3 is 0 Å². The summed E-state index contributed by atoms with van der Waals surface area (Å²) in [6.07, 6.45) is 0.854. The van der Waals surface area contributed by atoms with Crippen molar-refractivity contribution in [3.05, 3.63) is 47.8 Å². The van der Waals surface area contributed by atoms with E-state index in [2.05, 4.69) is 15.3 Å². The molecule has 0 unspecified atom stereocenters. The Morgan fingerprint density at radius 2 is 1.83 bits per heavy atom. The third-order valence-electron chi connectivity index (χ3n) is 3.85. The molecule has 7 nitrogen and oxygen atoms in total. The highest BCUT2D eigenvalue weighted by Crippen LogP contribution is 2.14. The lowest BCUT2D eigenvalue weighted by Crippen LogP contribution is -2.46. The number of piperazine rings is 1. The summed E-state index contributed by atoms with van der Waals surface area (Å²) in [6.45, 7) is 4.41. The Kier molecular flexibility index (Phi) is 4.69. The Balaban J connectivity index is 1.76. The fourth-order valence-electron chi connectivity index (χ4n) is 2.55. The Morgan fingerprint density at radius 1 is 1.12 bits per heavy atom. The number of benzene rings is 1. The van der Waals surface area contributed by atoms with Gasteiger partial charge in [-0.15, -0.1) is 0 Å². The van der Waals surface area contributed by atoms with E-state index in [0.717, 1.165) is 17.8 Å². The van der Waals surface area contributed by atoms with Gasteiger partial charge in [-0.1, -0.05) is 18.2 Å². The molecular weight excluding hydrogens is 306 g/mol. The number of hydrogen-bond donors (Lipinski definition) is 1. The van der Waals surface area contributed by atoms with Gasteiger partial charge in [-0.05, 0) is 25.1 Å². The fraction of sp³-hybridized carbons (Fsp3) is 0.294. The summed E-state index contributed by atoms with van der Waals surface area (Å²) in [7, 11) is 0. The zero-order valence-electron chi connectivity index (χ0n) is 13.5. The molecule has 7 heteroatoms. The van der Waals surface area contributed by atoms with Crippen molar-refractivity contribution in [3.63, 3.8) is 0 Å². The molecule has 2 amide bonds. The van der Waals surface area contributed by atoms with Gasteiger partial charge in [-0.25, -0.2) is 9.97 Å². The first-order valence-corrected chi connectivity index (χ1v) is 7.82. The zero-order valence-corrected chi connectivity index (χ0v) is 13.5. The van der Waals surface area contributed by atoms with Crippen LogP contribution in [-0.4, -0.2) is 53.4 Å². The van der Waals surface area contributed by atoms with Crippen LogP contribution >= 0.6 is 0 Å². The number of carbonyl (C=O) groups is 2. The van der Waals surface area contributed by atoms with E-state index >= 15 is 0 Å². The number of aromatic nitrogens is 2. The van der Waals surface area contributed by atoms with Gasteiger partial charge in [0.1, 0.15) is 5.69 Å². The molecule has 0 radical (unpaired) electrons. The number of nitrogens with zero attached hydrogens (tertiary/aromatic N) is 4. The molecule has 1 N–H and O–H groups in total.